The van der Waals surface area contributed by atoms with E-state index in [0.717, 1.165) is 5.57 Å². The van der Waals surface area contributed by atoms with Crippen LogP contribution in [0.4, 0.5) is 0 Å². The molecule has 0 unspecified atom stereocenters. The summed E-state index contributed by atoms with van der Waals surface area (Å²) in [5, 5.41) is 20.9. The van der Waals surface area contributed by atoms with Gasteiger partial charge in [0.25, 0.3) is 0 Å². The minimum Gasteiger partial charge on any atom is -0.410 e. The number of rotatable bonds is 5. The van der Waals surface area contributed by atoms with Crippen LogP contribution in [0.3, 0.4) is 0 Å². The third-order valence-electron chi connectivity index (χ3n) is 6.74. The molecule has 2 atom stereocenters. The molecule has 0 spiro atoms. The Labute approximate surface area is 163 Å². The predicted molar refractivity (Wildman–Crippen MR) is 115 cm³/mol. The van der Waals surface area contributed by atoms with Gasteiger partial charge in [-0.1, -0.05) is 48.1 Å². The summed E-state index contributed by atoms with van der Waals surface area (Å²) in [4.78, 5) is 0. The van der Waals surface area contributed by atoms with Gasteiger partial charge in [0, 0.05) is 12.8 Å². The molecule has 154 valence electrons. The van der Waals surface area contributed by atoms with Crippen molar-refractivity contribution in [1.29, 1.82) is 0 Å². The normalized spacial score (nSPS) is 29.2. The van der Waals surface area contributed by atoms with E-state index < -0.39 is 22.2 Å². The van der Waals surface area contributed by atoms with Gasteiger partial charge in [0.15, 0.2) is 16.6 Å². The van der Waals surface area contributed by atoms with Crippen LogP contribution in [0, 0.1) is 0 Å². The van der Waals surface area contributed by atoms with Gasteiger partial charge in [-0.2, -0.15) is 0 Å². The molecule has 26 heavy (non-hydrogen) atoms. The second kappa shape index (κ2) is 7.45. The Morgan fingerprint density at radius 1 is 0.923 bits per heavy atom. The van der Waals surface area contributed by atoms with E-state index in [1.807, 2.05) is 0 Å². The van der Waals surface area contributed by atoms with Crippen molar-refractivity contribution in [2.24, 2.45) is 0 Å². The zero-order chi connectivity index (χ0) is 20.8. The van der Waals surface area contributed by atoms with Crippen molar-refractivity contribution in [3.63, 3.8) is 0 Å². The molecule has 0 aromatic heterocycles. The number of hydrogen-bond acceptors (Lipinski definition) is 4. The molecule has 0 aliphatic heterocycles. The standard InChI is InChI=1S/C20H42O4Si2/c1-15-16(23-25(8,9)18(2,3)4)12-20(22,14-21)13-17(15)24-26(10,11)19(5,6)7/h16-17,21-22H,1,12-14H2,2-11H3/t16-,17-/m1/s1. The lowest BCUT2D eigenvalue weighted by molar-refractivity contribution is -0.0852. The lowest BCUT2D eigenvalue weighted by Crippen LogP contribution is -2.55. The molecule has 1 aliphatic carbocycles. The predicted octanol–water partition coefficient (Wildman–Crippen LogP) is 4.84. The fourth-order valence-corrected chi connectivity index (χ4v) is 5.27. The molecule has 0 saturated heterocycles. The SMILES string of the molecule is C=C1[C@H](O[Si](C)(C)C(C)(C)C)CC(O)(CO)C[C@H]1O[Si](C)(C)C(C)(C)C. The van der Waals surface area contributed by atoms with Crippen LogP contribution in [0.15, 0.2) is 12.2 Å². The quantitative estimate of drug-likeness (QED) is 0.510. The minimum absolute atomic E-state index is 0.0673. The average Bonchev–Trinajstić information content (AvgIpc) is 2.41. The first-order valence-corrected chi connectivity index (χ1v) is 15.5. The largest absolute Gasteiger partial charge is 0.410 e. The molecular formula is C20H42O4Si2. The zero-order valence-corrected chi connectivity index (χ0v) is 20.7. The lowest BCUT2D eigenvalue weighted by Gasteiger charge is -2.49. The molecule has 1 fully saturated rings. The van der Waals surface area contributed by atoms with Crippen LogP contribution >= 0.6 is 0 Å². The Hall–Kier alpha value is 0.0138. The van der Waals surface area contributed by atoms with Gasteiger partial charge in [0.1, 0.15) is 0 Å². The van der Waals surface area contributed by atoms with E-state index in [9.17, 15) is 10.2 Å². The molecule has 2 N–H and O–H groups in total. The Kier molecular flexibility index (Phi) is 6.89. The highest BCUT2D eigenvalue weighted by atomic mass is 28.4. The molecule has 4 nitrogen and oxygen atoms in total. The molecule has 0 bridgehead atoms. The Morgan fingerprint density at radius 2 is 1.23 bits per heavy atom. The van der Waals surface area contributed by atoms with Crippen LogP contribution in [-0.4, -0.2) is 51.3 Å². The van der Waals surface area contributed by atoms with E-state index in [0.29, 0.717) is 12.8 Å². The van der Waals surface area contributed by atoms with Crippen molar-refractivity contribution in [3.05, 3.63) is 12.2 Å². The molecule has 0 heterocycles. The first kappa shape index (κ1) is 24.1. The molecule has 0 aromatic rings. The van der Waals surface area contributed by atoms with Crippen LogP contribution in [0.2, 0.25) is 36.3 Å². The summed E-state index contributed by atoms with van der Waals surface area (Å²) in [6.07, 6.45) is 0.200. The van der Waals surface area contributed by atoms with Gasteiger partial charge in [-0.15, -0.1) is 0 Å². The molecule has 0 aromatic carbocycles. The van der Waals surface area contributed by atoms with E-state index in [1.165, 1.54) is 0 Å². The Morgan fingerprint density at radius 3 is 1.46 bits per heavy atom. The summed E-state index contributed by atoms with van der Waals surface area (Å²) in [5.41, 5.74) is -0.265. The number of aliphatic hydroxyl groups excluding tert-OH is 1. The van der Waals surface area contributed by atoms with E-state index >= 15 is 0 Å². The summed E-state index contributed by atoms with van der Waals surface area (Å²) in [6, 6.07) is 0. The van der Waals surface area contributed by atoms with Gasteiger partial charge >= 0.3 is 0 Å². The van der Waals surface area contributed by atoms with Gasteiger partial charge in [-0.25, -0.2) is 0 Å². The topological polar surface area (TPSA) is 58.9 Å². The molecule has 1 aliphatic rings. The lowest BCUT2D eigenvalue weighted by atomic mass is 9.79. The maximum absolute atomic E-state index is 10.9. The van der Waals surface area contributed by atoms with Crippen molar-refractivity contribution in [3.8, 4) is 0 Å². The van der Waals surface area contributed by atoms with Crippen LogP contribution in [-0.2, 0) is 8.85 Å². The third-order valence-corrected chi connectivity index (χ3v) is 15.7. The number of hydrogen-bond donors (Lipinski definition) is 2. The van der Waals surface area contributed by atoms with E-state index in [2.05, 4.69) is 74.3 Å². The highest BCUT2D eigenvalue weighted by Gasteiger charge is 2.49. The highest BCUT2D eigenvalue weighted by Crippen LogP contribution is 2.45. The second-order valence-corrected chi connectivity index (χ2v) is 20.6. The smallest absolute Gasteiger partial charge is 0.192 e. The van der Waals surface area contributed by atoms with Gasteiger partial charge in [-0.05, 0) is 41.8 Å². The molecule has 0 radical (unpaired) electrons. The Balaban J connectivity index is 3.13. The first-order valence-electron chi connectivity index (χ1n) is 9.73. The van der Waals surface area contributed by atoms with E-state index in [1.54, 1.807) is 0 Å². The fraction of sp³-hybridized carbons (Fsp3) is 0.900. The van der Waals surface area contributed by atoms with Crippen molar-refractivity contribution in [2.45, 2.75) is 108 Å². The monoisotopic (exact) mass is 402 g/mol. The molecule has 0 amide bonds. The van der Waals surface area contributed by atoms with Gasteiger partial charge in [0.2, 0.25) is 0 Å². The van der Waals surface area contributed by atoms with Crippen molar-refractivity contribution >= 4 is 16.6 Å². The van der Waals surface area contributed by atoms with Crippen LogP contribution < -0.4 is 0 Å². The molecule has 6 heteroatoms. The maximum Gasteiger partial charge on any atom is 0.192 e. The number of aliphatic hydroxyl groups is 2. The van der Waals surface area contributed by atoms with Crippen molar-refractivity contribution < 1.29 is 19.1 Å². The molecule has 1 rings (SSSR count). The van der Waals surface area contributed by atoms with Crippen LogP contribution in [0.5, 0.6) is 0 Å². The minimum atomic E-state index is -2.03. The summed E-state index contributed by atoms with van der Waals surface area (Å²) in [5.74, 6) is 0. The van der Waals surface area contributed by atoms with Crippen molar-refractivity contribution in [1.82, 2.24) is 0 Å². The third kappa shape index (κ3) is 5.29. The van der Waals surface area contributed by atoms with Crippen molar-refractivity contribution in [2.75, 3.05) is 6.61 Å². The fourth-order valence-electron chi connectivity index (χ4n) is 2.67. The summed E-state index contributed by atoms with van der Waals surface area (Å²) < 4.78 is 13.2. The van der Waals surface area contributed by atoms with E-state index in [-0.39, 0.29) is 28.9 Å². The summed E-state index contributed by atoms with van der Waals surface area (Å²) >= 11 is 0. The highest BCUT2D eigenvalue weighted by molar-refractivity contribution is 6.74. The van der Waals surface area contributed by atoms with Gasteiger partial charge in [-0.3, -0.25) is 0 Å². The second-order valence-electron chi connectivity index (χ2n) is 11.1. The Bertz CT molecular complexity index is 475. The van der Waals surface area contributed by atoms with E-state index in [4.69, 9.17) is 8.85 Å². The summed E-state index contributed by atoms with van der Waals surface area (Å²) in [6.45, 7) is 26.1. The van der Waals surface area contributed by atoms with Gasteiger partial charge < -0.3 is 19.1 Å². The van der Waals surface area contributed by atoms with Gasteiger partial charge in [0.05, 0.1) is 24.4 Å². The average molecular weight is 403 g/mol. The molecule has 1 saturated carbocycles. The van der Waals surface area contributed by atoms with Crippen LogP contribution in [0.1, 0.15) is 54.4 Å². The molecular weight excluding hydrogens is 360 g/mol. The maximum atomic E-state index is 10.9. The summed E-state index contributed by atoms with van der Waals surface area (Å²) in [7, 11) is -4.06. The first-order chi connectivity index (χ1) is 11.4. The van der Waals surface area contributed by atoms with Crippen LogP contribution in [0.25, 0.3) is 0 Å². The zero-order valence-electron chi connectivity index (χ0n) is 18.7.